The van der Waals surface area contributed by atoms with Crippen molar-refractivity contribution in [2.45, 2.75) is 26.7 Å². The number of carboxylic acids is 1. The van der Waals surface area contributed by atoms with E-state index in [4.69, 9.17) is 0 Å². The summed E-state index contributed by atoms with van der Waals surface area (Å²) in [6.45, 7) is 5.82. The molecule has 0 saturated carbocycles. The van der Waals surface area contributed by atoms with Crippen LogP contribution in [0.3, 0.4) is 0 Å². The lowest BCUT2D eigenvalue weighted by molar-refractivity contribution is -0.139. The van der Waals surface area contributed by atoms with E-state index in [1.165, 1.54) is 0 Å². The third-order valence-electron chi connectivity index (χ3n) is 2.81. The molecule has 0 amide bonds. The van der Waals surface area contributed by atoms with Crippen LogP contribution < -0.4 is 0 Å². The number of thiazole rings is 1. The first-order chi connectivity index (χ1) is 7.99. The Hall–Kier alpha value is -1.42. The molecule has 17 heavy (non-hydrogen) atoms. The van der Waals surface area contributed by atoms with E-state index < -0.39 is 11.9 Å². The lowest BCUT2D eigenvalue weighted by Gasteiger charge is -2.16. The van der Waals surface area contributed by atoms with Gasteiger partial charge in [-0.2, -0.15) is 0 Å². The van der Waals surface area contributed by atoms with Crippen molar-refractivity contribution in [1.29, 1.82) is 0 Å². The van der Waals surface area contributed by atoms with Crippen LogP contribution in [0, 0.1) is 12.8 Å². The Morgan fingerprint density at radius 1 is 1.41 bits per heavy atom. The van der Waals surface area contributed by atoms with Gasteiger partial charge >= 0.3 is 5.97 Å². The standard InChI is InChI=1S/C13H15NO2S/c1-7(2)12(13(15)16)9-4-5-10-11(6-9)17-8(3)14-10/h4-7,12H,1-3H3,(H,15,16). The number of aromatic nitrogens is 1. The fourth-order valence-corrected chi connectivity index (χ4v) is 2.94. The number of carbonyl (C=O) groups is 1. The van der Waals surface area contributed by atoms with Crippen molar-refractivity contribution in [3.8, 4) is 0 Å². The van der Waals surface area contributed by atoms with Crippen molar-refractivity contribution in [2.24, 2.45) is 5.92 Å². The van der Waals surface area contributed by atoms with Crippen LogP contribution in [0.5, 0.6) is 0 Å². The topological polar surface area (TPSA) is 50.2 Å². The van der Waals surface area contributed by atoms with E-state index in [0.29, 0.717) is 0 Å². The molecule has 1 atom stereocenters. The molecule has 0 aliphatic carbocycles. The number of hydrogen-bond acceptors (Lipinski definition) is 3. The summed E-state index contributed by atoms with van der Waals surface area (Å²) in [6.07, 6.45) is 0. The molecular weight excluding hydrogens is 234 g/mol. The van der Waals surface area contributed by atoms with E-state index in [-0.39, 0.29) is 5.92 Å². The van der Waals surface area contributed by atoms with Gasteiger partial charge in [0.15, 0.2) is 0 Å². The van der Waals surface area contributed by atoms with Gasteiger partial charge in [0.05, 0.1) is 21.1 Å². The number of nitrogens with zero attached hydrogens (tertiary/aromatic N) is 1. The van der Waals surface area contributed by atoms with Crippen molar-refractivity contribution in [1.82, 2.24) is 4.98 Å². The van der Waals surface area contributed by atoms with Crippen LogP contribution in [0.15, 0.2) is 18.2 Å². The third-order valence-corrected chi connectivity index (χ3v) is 3.74. The smallest absolute Gasteiger partial charge is 0.311 e. The Labute approximate surface area is 104 Å². The summed E-state index contributed by atoms with van der Waals surface area (Å²) < 4.78 is 1.06. The number of aryl methyl sites for hydroxylation is 1. The van der Waals surface area contributed by atoms with E-state index in [0.717, 1.165) is 20.8 Å². The highest BCUT2D eigenvalue weighted by atomic mass is 32.1. The van der Waals surface area contributed by atoms with Gasteiger partial charge in [0.25, 0.3) is 0 Å². The van der Waals surface area contributed by atoms with Crippen LogP contribution in [0.2, 0.25) is 0 Å². The maximum absolute atomic E-state index is 11.3. The van der Waals surface area contributed by atoms with Crippen molar-refractivity contribution in [3.05, 3.63) is 28.8 Å². The molecule has 0 aliphatic heterocycles. The molecule has 0 saturated heterocycles. The van der Waals surface area contributed by atoms with Gasteiger partial charge in [-0.25, -0.2) is 4.98 Å². The molecule has 2 rings (SSSR count). The van der Waals surface area contributed by atoms with Crippen LogP contribution in [-0.4, -0.2) is 16.1 Å². The quantitative estimate of drug-likeness (QED) is 0.906. The number of hydrogen-bond donors (Lipinski definition) is 1. The van der Waals surface area contributed by atoms with Gasteiger partial charge in [-0.15, -0.1) is 11.3 Å². The average molecular weight is 249 g/mol. The summed E-state index contributed by atoms with van der Waals surface area (Å²) in [4.78, 5) is 15.6. The van der Waals surface area contributed by atoms with Gasteiger partial charge in [-0.05, 0) is 30.5 Å². The Morgan fingerprint density at radius 2 is 2.12 bits per heavy atom. The fourth-order valence-electron chi connectivity index (χ4n) is 2.06. The summed E-state index contributed by atoms with van der Waals surface area (Å²) >= 11 is 1.60. The average Bonchev–Trinajstić information content (AvgIpc) is 2.56. The largest absolute Gasteiger partial charge is 0.481 e. The van der Waals surface area contributed by atoms with Crippen molar-refractivity contribution >= 4 is 27.5 Å². The maximum Gasteiger partial charge on any atom is 0.311 e. The van der Waals surface area contributed by atoms with E-state index in [1.807, 2.05) is 39.0 Å². The van der Waals surface area contributed by atoms with Gasteiger partial charge in [0.1, 0.15) is 0 Å². The number of rotatable bonds is 3. The molecular formula is C13H15NO2S. The highest BCUT2D eigenvalue weighted by molar-refractivity contribution is 7.18. The van der Waals surface area contributed by atoms with Gasteiger partial charge in [-0.3, -0.25) is 4.79 Å². The van der Waals surface area contributed by atoms with Gasteiger partial charge in [-0.1, -0.05) is 19.9 Å². The minimum absolute atomic E-state index is 0.0824. The predicted molar refractivity (Wildman–Crippen MR) is 69.6 cm³/mol. The molecule has 4 heteroatoms. The summed E-state index contributed by atoms with van der Waals surface area (Å²) in [5.41, 5.74) is 1.81. The van der Waals surface area contributed by atoms with E-state index >= 15 is 0 Å². The van der Waals surface area contributed by atoms with Crippen molar-refractivity contribution in [3.63, 3.8) is 0 Å². The number of aliphatic carboxylic acids is 1. The number of carboxylic acid groups (broad SMARTS) is 1. The normalized spacial score (nSPS) is 13.2. The first-order valence-electron chi connectivity index (χ1n) is 5.59. The highest BCUT2D eigenvalue weighted by Gasteiger charge is 2.23. The summed E-state index contributed by atoms with van der Waals surface area (Å²) in [7, 11) is 0. The zero-order valence-corrected chi connectivity index (χ0v) is 10.9. The van der Waals surface area contributed by atoms with Crippen LogP contribution in [-0.2, 0) is 4.79 Å². The summed E-state index contributed by atoms with van der Waals surface area (Å²) in [5.74, 6) is -1.12. The number of benzene rings is 1. The molecule has 1 N–H and O–H groups in total. The molecule has 0 bridgehead atoms. The Kier molecular flexibility index (Phi) is 3.15. The highest BCUT2D eigenvalue weighted by Crippen LogP contribution is 2.29. The van der Waals surface area contributed by atoms with Gasteiger partial charge < -0.3 is 5.11 Å². The van der Waals surface area contributed by atoms with Crippen LogP contribution >= 0.6 is 11.3 Å². The predicted octanol–water partition coefficient (Wildman–Crippen LogP) is 3.43. The van der Waals surface area contributed by atoms with E-state index in [2.05, 4.69) is 4.98 Å². The van der Waals surface area contributed by atoms with Crippen molar-refractivity contribution < 1.29 is 9.90 Å². The minimum Gasteiger partial charge on any atom is -0.481 e. The molecule has 0 fully saturated rings. The Morgan fingerprint density at radius 3 is 2.71 bits per heavy atom. The lowest BCUT2D eigenvalue weighted by atomic mass is 9.88. The molecule has 0 radical (unpaired) electrons. The van der Waals surface area contributed by atoms with Crippen LogP contribution in [0.1, 0.15) is 30.3 Å². The summed E-state index contributed by atoms with van der Waals surface area (Å²) in [5, 5.41) is 10.3. The Balaban J connectivity index is 2.50. The summed E-state index contributed by atoms with van der Waals surface area (Å²) in [6, 6.07) is 5.74. The van der Waals surface area contributed by atoms with Gasteiger partial charge in [0.2, 0.25) is 0 Å². The molecule has 0 spiro atoms. The minimum atomic E-state index is -0.763. The second-order valence-corrected chi connectivity index (χ2v) is 5.75. The first kappa shape index (κ1) is 12.0. The van der Waals surface area contributed by atoms with Crippen molar-refractivity contribution in [2.75, 3.05) is 0 Å². The first-order valence-corrected chi connectivity index (χ1v) is 6.40. The molecule has 3 nitrogen and oxygen atoms in total. The molecule has 1 aromatic carbocycles. The molecule has 1 unspecified atom stereocenters. The molecule has 1 heterocycles. The zero-order valence-electron chi connectivity index (χ0n) is 10.1. The number of fused-ring (bicyclic) bond motifs is 1. The molecule has 90 valence electrons. The monoisotopic (exact) mass is 249 g/mol. The van der Waals surface area contributed by atoms with Gasteiger partial charge in [0, 0.05) is 0 Å². The fraction of sp³-hybridized carbons (Fsp3) is 0.385. The SMILES string of the molecule is Cc1nc2ccc(C(C(=O)O)C(C)C)cc2s1. The van der Waals surface area contributed by atoms with E-state index in [1.54, 1.807) is 11.3 Å². The zero-order chi connectivity index (χ0) is 12.6. The second-order valence-electron chi connectivity index (χ2n) is 4.52. The van der Waals surface area contributed by atoms with Crippen LogP contribution in [0.25, 0.3) is 10.2 Å². The molecule has 1 aromatic heterocycles. The molecule has 2 aromatic rings. The lowest BCUT2D eigenvalue weighted by Crippen LogP contribution is -2.17. The molecule has 0 aliphatic rings. The third kappa shape index (κ3) is 2.31. The maximum atomic E-state index is 11.3. The Bertz CT molecular complexity index is 560. The second kappa shape index (κ2) is 4.45. The van der Waals surface area contributed by atoms with E-state index in [9.17, 15) is 9.90 Å². The van der Waals surface area contributed by atoms with Crippen LogP contribution in [0.4, 0.5) is 0 Å².